The van der Waals surface area contributed by atoms with Crippen LogP contribution in [0.25, 0.3) is 0 Å². The molecule has 2 aliphatic rings. The van der Waals surface area contributed by atoms with Crippen molar-refractivity contribution in [1.82, 2.24) is 10.2 Å². The first kappa shape index (κ1) is 19.7. The highest BCUT2D eigenvalue weighted by molar-refractivity contribution is 6.00. The summed E-state index contributed by atoms with van der Waals surface area (Å²) in [5.41, 5.74) is 7.22. The second-order valence-electron chi connectivity index (χ2n) is 7.27. The van der Waals surface area contributed by atoms with Crippen LogP contribution in [0.3, 0.4) is 0 Å². The zero-order valence-electron chi connectivity index (χ0n) is 14.7. The summed E-state index contributed by atoms with van der Waals surface area (Å²) in [7, 11) is 1.78. The van der Waals surface area contributed by atoms with Gasteiger partial charge in [-0.1, -0.05) is 36.8 Å². The predicted molar refractivity (Wildman–Crippen MR) is 101 cm³/mol. The minimum atomic E-state index is -0.526. The fourth-order valence-corrected chi connectivity index (χ4v) is 4.04. The van der Waals surface area contributed by atoms with E-state index in [4.69, 9.17) is 5.73 Å². The maximum Gasteiger partial charge on any atom is 0.234 e. The maximum absolute atomic E-state index is 12.6. The topological polar surface area (TPSA) is 75.4 Å². The molecule has 3 N–H and O–H groups in total. The monoisotopic (exact) mass is 365 g/mol. The lowest BCUT2D eigenvalue weighted by molar-refractivity contribution is -0.141. The zero-order chi connectivity index (χ0) is 17.2. The van der Waals surface area contributed by atoms with Gasteiger partial charge in [-0.2, -0.15) is 0 Å². The van der Waals surface area contributed by atoms with E-state index in [0.717, 1.165) is 32.2 Å². The number of benzene rings is 1. The van der Waals surface area contributed by atoms with E-state index in [1.807, 2.05) is 18.2 Å². The largest absolute Gasteiger partial charge is 0.353 e. The third-order valence-corrected chi connectivity index (χ3v) is 5.62. The Morgan fingerprint density at radius 2 is 1.96 bits per heavy atom. The lowest BCUT2D eigenvalue weighted by Gasteiger charge is -2.48. The molecule has 25 heavy (non-hydrogen) atoms. The van der Waals surface area contributed by atoms with Gasteiger partial charge in [0.15, 0.2) is 0 Å². The lowest BCUT2D eigenvalue weighted by atomic mass is 9.61. The molecule has 2 amide bonds. The van der Waals surface area contributed by atoms with Crippen LogP contribution < -0.4 is 11.1 Å². The highest BCUT2D eigenvalue weighted by Crippen LogP contribution is 2.43. The molecule has 5 nitrogen and oxygen atoms in total. The van der Waals surface area contributed by atoms with Crippen LogP contribution in [0.2, 0.25) is 0 Å². The Morgan fingerprint density at radius 1 is 1.28 bits per heavy atom. The van der Waals surface area contributed by atoms with Gasteiger partial charge >= 0.3 is 0 Å². The van der Waals surface area contributed by atoms with Crippen molar-refractivity contribution >= 4 is 24.2 Å². The standard InChI is InChI=1S/C19H27N3O2.ClH/c1-22-10-6-5-9-16(18(22)24)17(23)21-15-11-19(12-15,13-20)14-7-3-2-4-8-14;/h2-4,7-8,15-16H,5-6,9-13,20H2,1H3,(H,21,23);1H/t15?,16-,19?;/m0./s1. The Morgan fingerprint density at radius 3 is 2.60 bits per heavy atom. The fraction of sp³-hybridized carbons (Fsp3) is 0.579. The normalized spacial score (nSPS) is 29.2. The number of hydrogen-bond donors (Lipinski definition) is 2. The molecule has 0 bridgehead atoms. The Bertz CT molecular complexity index is 602. The number of likely N-dealkylation sites (tertiary alicyclic amines) is 1. The number of nitrogens with two attached hydrogens (primary N) is 1. The molecule has 1 atom stereocenters. The summed E-state index contributed by atoms with van der Waals surface area (Å²) in [6, 6.07) is 10.4. The number of amides is 2. The molecule has 1 saturated heterocycles. The van der Waals surface area contributed by atoms with E-state index in [2.05, 4.69) is 17.4 Å². The van der Waals surface area contributed by atoms with Crippen LogP contribution in [0.15, 0.2) is 30.3 Å². The SMILES string of the molecule is CN1CCCC[C@@H](C(=O)NC2CC(CN)(c3ccccc3)C2)C1=O.Cl. The van der Waals surface area contributed by atoms with E-state index < -0.39 is 5.92 Å². The lowest BCUT2D eigenvalue weighted by Crippen LogP contribution is -2.58. The molecule has 1 saturated carbocycles. The average Bonchev–Trinajstić information content (AvgIpc) is 2.73. The van der Waals surface area contributed by atoms with Crippen molar-refractivity contribution in [2.45, 2.75) is 43.6 Å². The van der Waals surface area contributed by atoms with Crippen molar-refractivity contribution in [2.24, 2.45) is 11.7 Å². The quantitative estimate of drug-likeness (QED) is 0.799. The molecule has 1 aliphatic heterocycles. The van der Waals surface area contributed by atoms with Crippen LogP contribution in [-0.4, -0.2) is 42.9 Å². The van der Waals surface area contributed by atoms with Gasteiger partial charge in [0.1, 0.15) is 5.92 Å². The number of nitrogens with one attached hydrogen (secondary N) is 1. The van der Waals surface area contributed by atoms with E-state index in [9.17, 15) is 9.59 Å². The summed E-state index contributed by atoms with van der Waals surface area (Å²) >= 11 is 0. The fourth-order valence-electron chi connectivity index (χ4n) is 4.04. The van der Waals surface area contributed by atoms with Gasteiger partial charge < -0.3 is 16.0 Å². The Hall–Kier alpha value is -1.59. The van der Waals surface area contributed by atoms with Gasteiger partial charge in [0.25, 0.3) is 0 Å². The second-order valence-corrected chi connectivity index (χ2v) is 7.27. The van der Waals surface area contributed by atoms with Gasteiger partial charge in [0, 0.05) is 31.6 Å². The van der Waals surface area contributed by atoms with Gasteiger partial charge in [-0.25, -0.2) is 0 Å². The third-order valence-electron chi connectivity index (χ3n) is 5.62. The molecule has 1 aromatic rings. The first-order valence-corrected chi connectivity index (χ1v) is 8.87. The molecule has 6 heteroatoms. The predicted octanol–water partition coefficient (Wildman–Crippen LogP) is 1.84. The molecule has 0 aromatic heterocycles. The molecular formula is C19H28ClN3O2. The van der Waals surface area contributed by atoms with E-state index in [1.165, 1.54) is 5.56 Å². The number of rotatable bonds is 4. The summed E-state index contributed by atoms with van der Waals surface area (Å²) in [4.78, 5) is 26.6. The van der Waals surface area contributed by atoms with Crippen LogP contribution in [0.5, 0.6) is 0 Å². The van der Waals surface area contributed by atoms with E-state index in [0.29, 0.717) is 13.0 Å². The van der Waals surface area contributed by atoms with Crippen LogP contribution in [0.4, 0.5) is 0 Å². The molecule has 1 heterocycles. The van der Waals surface area contributed by atoms with Crippen molar-refractivity contribution < 1.29 is 9.59 Å². The summed E-state index contributed by atoms with van der Waals surface area (Å²) in [5, 5.41) is 3.08. The molecule has 3 rings (SSSR count). The number of carbonyl (C=O) groups excluding carboxylic acids is 2. The van der Waals surface area contributed by atoms with Crippen LogP contribution in [0, 0.1) is 5.92 Å². The summed E-state index contributed by atoms with van der Waals surface area (Å²) in [6.45, 7) is 1.32. The Kier molecular flexibility index (Phi) is 6.47. The zero-order valence-corrected chi connectivity index (χ0v) is 15.6. The highest BCUT2D eigenvalue weighted by atomic mass is 35.5. The Balaban J connectivity index is 0.00000225. The van der Waals surface area contributed by atoms with Gasteiger partial charge in [-0.3, -0.25) is 9.59 Å². The van der Waals surface area contributed by atoms with Gasteiger partial charge in [0.05, 0.1) is 0 Å². The van der Waals surface area contributed by atoms with Crippen LogP contribution >= 0.6 is 12.4 Å². The molecule has 1 aromatic carbocycles. The molecule has 1 aliphatic carbocycles. The minimum Gasteiger partial charge on any atom is -0.353 e. The van der Waals surface area contributed by atoms with E-state index in [1.54, 1.807) is 11.9 Å². The molecule has 138 valence electrons. The average molecular weight is 366 g/mol. The smallest absolute Gasteiger partial charge is 0.234 e. The number of halogens is 1. The van der Waals surface area contributed by atoms with Gasteiger partial charge in [0.2, 0.25) is 11.8 Å². The van der Waals surface area contributed by atoms with Crippen LogP contribution in [-0.2, 0) is 15.0 Å². The Labute approximate surface area is 155 Å². The summed E-state index contributed by atoms with van der Waals surface area (Å²) in [5.74, 6) is -0.683. The van der Waals surface area contributed by atoms with Crippen molar-refractivity contribution in [1.29, 1.82) is 0 Å². The van der Waals surface area contributed by atoms with Crippen molar-refractivity contribution in [3.8, 4) is 0 Å². The summed E-state index contributed by atoms with van der Waals surface area (Å²) < 4.78 is 0. The van der Waals surface area contributed by atoms with E-state index >= 15 is 0 Å². The van der Waals surface area contributed by atoms with Crippen molar-refractivity contribution in [3.63, 3.8) is 0 Å². The first-order chi connectivity index (χ1) is 11.6. The van der Waals surface area contributed by atoms with Gasteiger partial charge in [-0.05, 0) is 31.2 Å². The molecule has 0 spiro atoms. The van der Waals surface area contributed by atoms with Crippen molar-refractivity contribution in [2.75, 3.05) is 20.1 Å². The third kappa shape index (κ3) is 3.98. The maximum atomic E-state index is 12.6. The van der Waals surface area contributed by atoms with Crippen molar-refractivity contribution in [3.05, 3.63) is 35.9 Å². The van der Waals surface area contributed by atoms with E-state index in [-0.39, 0.29) is 35.7 Å². The minimum absolute atomic E-state index is 0. The second kappa shape index (κ2) is 8.19. The van der Waals surface area contributed by atoms with Crippen LogP contribution in [0.1, 0.15) is 37.7 Å². The highest BCUT2D eigenvalue weighted by Gasteiger charge is 2.46. The number of carbonyl (C=O) groups is 2. The molecular weight excluding hydrogens is 338 g/mol. The number of hydrogen-bond acceptors (Lipinski definition) is 3. The summed E-state index contributed by atoms with van der Waals surface area (Å²) in [6.07, 6.45) is 4.24. The van der Waals surface area contributed by atoms with Gasteiger partial charge in [-0.15, -0.1) is 12.4 Å². The molecule has 2 fully saturated rings. The number of nitrogens with zero attached hydrogens (tertiary/aromatic N) is 1. The first-order valence-electron chi connectivity index (χ1n) is 8.87. The molecule has 0 unspecified atom stereocenters. The molecule has 0 radical (unpaired) electrons.